The number of nitrogens with zero attached hydrogens (tertiary/aromatic N) is 1. The van der Waals surface area contributed by atoms with Gasteiger partial charge in [0.05, 0.1) is 17.3 Å². The molecule has 0 radical (unpaired) electrons. The van der Waals surface area contributed by atoms with E-state index in [1.165, 1.54) is 0 Å². The predicted molar refractivity (Wildman–Crippen MR) is 86.2 cm³/mol. The summed E-state index contributed by atoms with van der Waals surface area (Å²) in [7, 11) is 0. The quantitative estimate of drug-likeness (QED) is 0.814. The Morgan fingerprint density at radius 2 is 2.05 bits per heavy atom. The third kappa shape index (κ3) is 4.44. The molecule has 0 saturated heterocycles. The van der Waals surface area contributed by atoms with E-state index in [-0.39, 0.29) is 0 Å². The number of benzene rings is 1. The Bertz CT molecular complexity index is 569. The summed E-state index contributed by atoms with van der Waals surface area (Å²) in [5.41, 5.74) is 7.72. The van der Waals surface area contributed by atoms with Gasteiger partial charge in [0.2, 0.25) is 0 Å². The van der Waals surface area contributed by atoms with Gasteiger partial charge in [-0.05, 0) is 44.0 Å². The van der Waals surface area contributed by atoms with Gasteiger partial charge in [-0.25, -0.2) is 4.98 Å². The molecule has 0 aliphatic carbocycles. The van der Waals surface area contributed by atoms with Crippen LogP contribution in [0.25, 0.3) is 0 Å². The number of rotatable bonds is 8. The molecule has 2 N–H and O–H groups in total. The van der Waals surface area contributed by atoms with E-state index in [9.17, 15) is 0 Å². The van der Waals surface area contributed by atoms with Gasteiger partial charge in [-0.1, -0.05) is 13.0 Å². The maximum absolute atomic E-state index is 5.85. The molecule has 2 rings (SSSR count). The fraction of sp³-hybridized carbons (Fsp3) is 0.438. The fourth-order valence-corrected chi connectivity index (χ4v) is 2.72. The molecule has 21 heavy (non-hydrogen) atoms. The maximum Gasteiger partial charge on any atom is 0.161 e. The summed E-state index contributed by atoms with van der Waals surface area (Å²) in [5.74, 6) is 1.53. The van der Waals surface area contributed by atoms with Crippen LogP contribution in [0, 0.1) is 0 Å². The maximum atomic E-state index is 5.85. The highest BCUT2D eigenvalue weighted by Gasteiger charge is 2.08. The number of aryl methyl sites for hydroxylation is 1. The number of ether oxygens (including phenoxy) is 2. The molecule has 5 heteroatoms. The van der Waals surface area contributed by atoms with Crippen molar-refractivity contribution in [2.24, 2.45) is 5.73 Å². The predicted octanol–water partition coefficient (Wildman–Crippen LogP) is 3.18. The summed E-state index contributed by atoms with van der Waals surface area (Å²) < 4.78 is 11.5. The van der Waals surface area contributed by atoms with Gasteiger partial charge in [-0.3, -0.25) is 0 Å². The normalized spacial score (nSPS) is 10.6. The highest BCUT2D eigenvalue weighted by molar-refractivity contribution is 7.09. The average Bonchev–Trinajstić information content (AvgIpc) is 2.95. The van der Waals surface area contributed by atoms with Crippen LogP contribution in [-0.2, 0) is 19.4 Å². The van der Waals surface area contributed by atoms with E-state index in [0.29, 0.717) is 19.8 Å². The van der Waals surface area contributed by atoms with E-state index in [2.05, 4.69) is 11.9 Å². The standard InChI is InChI=1S/C16H22N2O2S/c1-3-16-18-13(11-21-16)10-20-14-6-5-12(7-8-17)9-15(14)19-4-2/h5-6,9,11H,3-4,7-8,10,17H2,1-2H3. The molecule has 4 nitrogen and oxygen atoms in total. The third-order valence-corrected chi connectivity index (χ3v) is 4.06. The zero-order valence-corrected chi connectivity index (χ0v) is 13.4. The molecule has 0 unspecified atom stereocenters. The molecular formula is C16H22N2O2S. The van der Waals surface area contributed by atoms with Crippen molar-refractivity contribution in [3.63, 3.8) is 0 Å². The molecule has 1 aromatic carbocycles. The van der Waals surface area contributed by atoms with E-state index in [1.807, 2.05) is 30.5 Å². The van der Waals surface area contributed by atoms with Crippen LogP contribution in [0.15, 0.2) is 23.6 Å². The first kappa shape index (κ1) is 15.8. The van der Waals surface area contributed by atoms with E-state index < -0.39 is 0 Å². The lowest BCUT2D eigenvalue weighted by Crippen LogP contribution is -2.04. The first-order valence-corrected chi connectivity index (χ1v) is 8.16. The minimum atomic E-state index is 0.465. The highest BCUT2D eigenvalue weighted by Crippen LogP contribution is 2.29. The number of nitrogens with two attached hydrogens (primary N) is 1. The minimum absolute atomic E-state index is 0.465. The van der Waals surface area contributed by atoms with Crippen molar-refractivity contribution in [1.29, 1.82) is 0 Å². The SMILES string of the molecule is CCOc1cc(CCN)ccc1OCc1csc(CC)n1. The number of hydrogen-bond donors (Lipinski definition) is 1. The van der Waals surface area contributed by atoms with Crippen LogP contribution in [0.1, 0.15) is 30.1 Å². The molecular weight excluding hydrogens is 284 g/mol. The van der Waals surface area contributed by atoms with E-state index in [0.717, 1.165) is 40.6 Å². The zero-order valence-electron chi connectivity index (χ0n) is 12.6. The first-order chi connectivity index (χ1) is 10.3. The largest absolute Gasteiger partial charge is 0.490 e. The molecule has 1 heterocycles. The van der Waals surface area contributed by atoms with Crippen molar-refractivity contribution in [2.75, 3.05) is 13.2 Å². The Hall–Kier alpha value is -1.59. The van der Waals surface area contributed by atoms with Gasteiger partial charge in [0, 0.05) is 5.38 Å². The Labute approximate surface area is 129 Å². The van der Waals surface area contributed by atoms with Crippen molar-refractivity contribution in [2.45, 2.75) is 33.3 Å². The monoisotopic (exact) mass is 306 g/mol. The second-order valence-corrected chi connectivity index (χ2v) is 5.57. The molecule has 0 spiro atoms. The summed E-state index contributed by atoms with van der Waals surface area (Å²) in [5, 5.41) is 3.18. The molecule has 2 aromatic rings. The first-order valence-electron chi connectivity index (χ1n) is 7.28. The lowest BCUT2D eigenvalue weighted by molar-refractivity contribution is 0.266. The molecule has 1 aromatic heterocycles. The smallest absolute Gasteiger partial charge is 0.161 e. The van der Waals surface area contributed by atoms with Crippen LogP contribution < -0.4 is 15.2 Å². The Balaban J connectivity index is 2.07. The molecule has 0 atom stereocenters. The van der Waals surface area contributed by atoms with Crippen molar-refractivity contribution in [3.8, 4) is 11.5 Å². The second kappa shape index (κ2) is 8.00. The lowest BCUT2D eigenvalue weighted by atomic mass is 10.1. The summed E-state index contributed by atoms with van der Waals surface area (Å²) in [4.78, 5) is 4.50. The van der Waals surface area contributed by atoms with Crippen molar-refractivity contribution in [1.82, 2.24) is 4.98 Å². The number of thiazole rings is 1. The molecule has 0 aliphatic heterocycles. The topological polar surface area (TPSA) is 57.4 Å². The Kier molecular flexibility index (Phi) is 6.02. The average molecular weight is 306 g/mol. The molecule has 114 valence electrons. The Morgan fingerprint density at radius 3 is 2.71 bits per heavy atom. The van der Waals surface area contributed by atoms with Crippen LogP contribution in [-0.4, -0.2) is 18.1 Å². The molecule has 0 saturated carbocycles. The summed E-state index contributed by atoms with van der Waals surface area (Å²) in [6.07, 6.45) is 1.80. The van der Waals surface area contributed by atoms with Gasteiger partial charge in [0.25, 0.3) is 0 Å². The minimum Gasteiger partial charge on any atom is -0.490 e. The summed E-state index contributed by atoms with van der Waals surface area (Å²) >= 11 is 1.67. The van der Waals surface area contributed by atoms with Gasteiger partial charge in [0.1, 0.15) is 6.61 Å². The van der Waals surface area contributed by atoms with Crippen molar-refractivity contribution in [3.05, 3.63) is 39.8 Å². The fourth-order valence-electron chi connectivity index (χ4n) is 1.99. The van der Waals surface area contributed by atoms with E-state index in [4.69, 9.17) is 15.2 Å². The lowest BCUT2D eigenvalue weighted by Gasteiger charge is -2.12. The van der Waals surface area contributed by atoms with Crippen LogP contribution >= 0.6 is 11.3 Å². The second-order valence-electron chi connectivity index (χ2n) is 4.63. The summed E-state index contributed by atoms with van der Waals surface area (Å²) in [6.45, 7) is 5.77. The van der Waals surface area contributed by atoms with Gasteiger partial charge >= 0.3 is 0 Å². The van der Waals surface area contributed by atoms with E-state index in [1.54, 1.807) is 11.3 Å². The third-order valence-electron chi connectivity index (χ3n) is 3.02. The summed E-state index contributed by atoms with van der Waals surface area (Å²) in [6, 6.07) is 5.98. The Morgan fingerprint density at radius 1 is 1.19 bits per heavy atom. The van der Waals surface area contributed by atoms with Gasteiger partial charge in [-0.15, -0.1) is 11.3 Å². The van der Waals surface area contributed by atoms with Crippen LogP contribution in [0.5, 0.6) is 11.5 Å². The van der Waals surface area contributed by atoms with E-state index >= 15 is 0 Å². The molecule has 0 amide bonds. The number of aromatic nitrogens is 1. The van der Waals surface area contributed by atoms with Crippen LogP contribution in [0.2, 0.25) is 0 Å². The molecule has 0 aliphatic rings. The van der Waals surface area contributed by atoms with Crippen LogP contribution in [0.4, 0.5) is 0 Å². The molecule has 0 bridgehead atoms. The van der Waals surface area contributed by atoms with Crippen molar-refractivity contribution < 1.29 is 9.47 Å². The number of hydrogen-bond acceptors (Lipinski definition) is 5. The highest BCUT2D eigenvalue weighted by atomic mass is 32.1. The van der Waals surface area contributed by atoms with Gasteiger partial charge < -0.3 is 15.2 Å². The molecule has 0 fully saturated rings. The van der Waals surface area contributed by atoms with Crippen molar-refractivity contribution >= 4 is 11.3 Å². The van der Waals surface area contributed by atoms with Gasteiger partial charge in [0.15, 0.2) is 11.5 Å². The van der Waals surface area contributed by atoms with Crippen LogP contribution in [0.3, 0.4) is 0 Å². The zero-order chi connectivity index (χ0) is 15.1. The van der Waals surface area contributed by atoms with Gasteiger partial charge in [-0.2, -0.15) is 0 Å².